The van der Waals surface area contributed by atoms with Crippen LogP contribution in [-0.4, -0.2) is 22.5 Å². The van der Waals surface area contributed by atoms with Gasteiger partial charge >= 0.3 is 0 Å². The molecule has 3 rings (SSSR count). The van der Waals surface area contributed by atoms with Crippen molar-refractivity contribution in [2.24, 2.45) is 0 Å². The third kappa shape index (κ3) is 2.33. The van der Waals surface area contributed by atoms with Crippen molar-refractivity contribution in [2.75, 3.05) is 6.54 Å². The van der Waals surface area contributed by atoms with Gasteiger partial charge in [0.2, 0.25) is 5.76 Å². The second-order valence-corrected chi connectivity index (χ2v) is 5.40. The third-order valence-corrected chi connectivity index (χ3v) is 3.81. The minimum absolute atomic E-state index is 0.0614. The molecule has 20 heavy (non-hydrogen) atoms. The summed E-state index contributed by atoms with van der Waals surface area (Å²) in [6.45, 7) is 4.66. The molecule has 1 aromatic carbocycles. The van der Waals surface area contributed by atoms with Crippen molar-refractivity contribution < 1.29 is 9.32 Å². The van der Waals surface area contributed by atoms with Crippen molar-refractivity contribution >= 4 is 5.91 Å². The number of rotatable bonds is 2. The first-order valence-corrected chi connectivity index (χ1v) is 6.96. The number of hydrogen-bond donors (Lipinski definition) is 0. The smallest absolute Gasteiger partial charge is 0.292 e. The molecule has 4 nitrogen and oxygen atoms in total. The van der Waals surface area contributed by atoms with E-state index in [0.29, 0.717) is 5.76 Å². The number of carbonyl (C=O) groups is 1. The van der Waals surface area contributed by atoms with Gasteiger partial charge in [-0.25, -0.2) is 0 Å². The van der Waals surface area contributed by atoms with Crippen molar-refractivity contribution in [1.29, 1.82) is 0 Å². The quantitative estimate of drug-likeness (QED) is 0.841. The zero-order valence-corrected chi connectivity index (χ0v) is 11.8. The van der Waals surface area contributed by atoms with Crippen LogP contribution >= 0.6 is 0 Å². The average Bonchev–Trinajstić information content (AvgIpc) is 3.07. The van der Waals surface area contributed by atoms with E-state index in [-0.39, 0.29) is 11.9 Å². The summed E-state index contributed by atoms with van der Waals surface area (Å²) >= 11 is 0. The lowest BCUT2D eigenvalue weighted by molar-refractivity contribution is 0.0693. The van der Waals surface area contributed by atoms with Gasteiger partial charge < -0.3 is 9.42 Å². The summed E-state index contributed by atoms with van der Waals surface area (Å²) in [6.07, 6.45) is 2.03. The van der Waals surface area contributed by atoms with Crippen molar-refractivity contribution in [2.45, 2.75) is 32.7 Å². The summed E-state index contributed by atoms with van der Waals surface area (Å²) in [5.74, 6) is 0.273. The van der Waals surface area contributed by atoms with E-state index < -0.39 is 0 Å². The van der Waals surface area contributed by atoms with Crippen LogP contribution in [0.15, 0.2) is 34.9 Å². The van der Waals surface area contributed by atoms with Crippen LogP contribution in [0.1, 0.15) is 46.3 Å². The van der Waals surface area contributed by atoms with Gasteiger partial charge in [-0.15, -0.1) is 0 Å². The number of aromatic nitrogens is 1. The maximum atomic E-state index is 12.5. The predicted octanol–water partition coefficient (Wildman–Crippen LogP) is 3.27. The third-order valence-electron chi connectivity index (χ3n) is 3.81. The highest BCUT2D eigenvalue weighted by atomic mass is 16.5. The zero-order chi connectivity index (χ0) is 14.1. The summed E-state index contributed by atoms with van der Waals surface area (Å²) in [6, 6.07) is 10.2. The van der Waals surface area contributed by atoms with Crippen LogP contribution in [0.3, 0.4) is 0 Å². The van der Waals surface area contributed by atoms with Crippen LogP contribution in [0.4, 0.5) is 0 Å². The molecule has 1 amide bonds. The number of carbonyl (C=O) groups excluding carboxylic acids is 1. The molecule has 0 N–H and O–H groups in total. The summed E-state index contributed by atoms with van der Waals surface area (Å²) < 4.78 is 5.10. The van der Waals surface area contributed by atoms with Crippen molar-refractivity contribution in [3.63, 3.8) is 0 Å². The Labute approximate surface area is 118 Å². The number of hydrogen-bond acceptors (Lipinski definition) is 3. The highest BCUT2D eigenvalue weighted by molar-refractivity contribution is 5.92. The van der Waals surface area contributed by atoms with Gasteiger partial charge in [0.05, 0.1) is 11.7 Å². The van der Waals surface area contributed by atoms with Crippen LogP contribution in [0.5, 0.6) is 0 Å². The highest BCUT2D eigenvalue weighted by Gasteiger charge is 2.32. The number of nitrogens with zero attached hydrogens (tertiary/aromatic N) is 2. The molecule has 1 aromatic heterocycles. The van der Waals surface area contributed by atoms with E-state index in [1.165, 1.54) is 11.1 Å². The second kappa shape index (κ2) is 5.12. The van der Waals surface area contributed by atoms with Crippen molar-refractivity contribution in [3.8, 4) is 0 Å². The van der Waals surface area contributed by atoms with Gasteiger partial charge in [-0.1, -0.05) is 35.0 Å². The van der Waals surface area contributed by atoms with Crippen LogP contribution in [0, 0.1) is 13.8 Å². The molecule has 1 aliphatic rings. The lowest BCUT2D eigenvalue weighted by Crippen LogP contribution is -2.30. The molecule has 2 heterocycles. The molecule has 1 unspecified atom stereocenters. The molecule has 1 aliphatic heterocycles. The molecule has 4 heteroatoms. The van der Waals surface area contributed by atoms with Gasteiger partial charge in [-0.05, 0) is 32.3 Å². The fraction of sp³-hybridized carbons (Fsp3) is 0.375. The Morgan fingerprint density at radius 3 is 2.70 bits per heavy atom. The minimum Gasteiger partial charge on any atom is -0.351 e. The fourth-order valence-electron chi connectivity index (χ4n) is 2.75. The van der Waals surface area contributed by atoms with E-state index in [9.17, 15) is 4.79 Å². The predicted molar refractivity (Wildman–Crippen MR) is 75.4 cm³/mol. The molecule has 1 atom stereocenters. The van der Waals surface area contributed by atoms with Gasteiger partial charge in [-0.2, -0.15) is 0 Å². The highest BCUT2D eigenvalue weighted by Crippen LogP contribution is 2.33. The van der Waals surface area contributed by atoms with Crippen LogP contribution in [0.25, 0.3) is 0 Å². The maximum absolute atomic E-state index is 12.5. The first kappa shape index (κ1) is 12.9. The molecule has 0 radical (unpaired) electrons. The van der Waals surface area contributed by atoms with Gasteiger partial charge in [-0.3, -0.25) is 4.79 Å². The second-order valence-electron chi connectivity index (χ2n) is 5.40. The van der Waals surface area contributed by atoms with Crippen molar-refractivity contribution in [3.05, 3.63) is 52.9 Å². The largest absolute Gasteiger partial charge is 0.351 e. The minimum atomic E-state index is -0.0614. The number of benzene rings is 1. The standard InChI is InChI=1S/C16H18N2O2/c1-11-5-7-13(8-6-11)14-4-3-9-18(14)16(19)15-10-12(2)17-20-15/h5-8,10,14H,3-4,9H2,1-2H3. The van der Waals surface area contributed by atoms with E-state index in [0.717, 1.165) is 25.1 Å². The molecule has 0 spiro atoms. The van der Waals surface area contributed by atoms with Crippen LogP contribution < -0.4 is 0 Å². The summed E-state index contributed by atoms with van der Waals surface area (Å²) in [5.41, 5.74) is 3.16. The van der Waals surface area contributed by atoms with Crippen molar-refractivity contribution in [1.82, 2.24) is 10.1 Å². The van der Waals surface area contributed by atoms with Crippen LogP contribution in [0.2, 0.25) is 0 Å². The van der Waals surface area contributed by atoms with E-state index in [1.54, 1.807) is 6.07 Å². The molecular formula is C16H18N2O2. The average molecular weight is 270 g/mol. The lowest BCUT2D eigenvalue weighted by atomic mass is 10.0. The van der Waals surface area contributed by atoms with Crippen LogP contribution in [-0.2, 0) is 0 Å². The molecule has 1 saturated heterocycles. The fourth-order valence-corrected chi connectivity index (χ4v) is 2.75. The Kier molecular flexibility index (Phi) is 3.30. The Morgan fingerprint density at radius 2 is 2.05 bits per heavy atom. The summed E-state index contributed by atoms with van der Waals surface area (Å²) in [7, 11) is 0. The molecule has 104 valence electrons. The molecular weight excluding hydrogens is 252 g/mol. The van der Waals surface area contributed by atoms with Gasteiger partial charge in [0.25, 0.3) is 5.91 Å². The Morgan fingerprint density at radius 1 is 1.30 bits per heavy atom. The Hall–Kier alpha value is -2.10. The first-order chi connectivity index (χ1) is 9.65. The SMILES string of the molecule is Cc1ccc(C2CCCN2C(=O)c2cc(C)no2)cc1. The lowest BCUT2D eigenvalue weighted by Gasteiger charge is -2.24. The molecule has 0 bridgehead atoms. The van der Waals surface area contributed by atoms with E-state index in [2.05, 4.69) is 36.3 Å². The van der Waals surface area contributed by atoms with E-state index >= 15 is 0 Å². The van der Waals surface area contributed by atoms with Gasteiger partial charge in [0, 0.05) is 12.6 Å². The monoisotopic (exact) mass is 270 g/mol. The molecule has 0 aliphatic carbocycles. The Balaban J connectivity index is 1.85. The molecule has 0 saturated carbocycles. The van der Waals surface area contributed by atoms with Gasteiger partial charge in [0.15, 0.2) is 0 Å². The zero-order valence-electron chi connectivity index (χ0n) is 11.8. The first-order valence-electron chi connectivity index (χ1n) is 6.96. The maximum Gasteiger partial charge on any atom is 0.292 e. The van der Waals surface area contributed by atoms with E-state index in [4.69, 9.17) is 4.52 Å². The Bertz CT molecular complexity index is 616. The molecule has 1 fully saturated rings. The normalized spacial score (nSPS) is 18.5. The number of likely N-dealkylation sites (tertiary alicyclic amines) is 1. The number of amides is 1. The van der Waals surface area contributed by atoms with Gasteiger partial charge in [0.1, 0.15) is 0 Å². The topological polar surface area (TPSA) is 46.3 Å². The summed E-state index contributed by atoms with van der Waals surface area (Å²) in [5, 5.41) is 3.80. The number of aryl methyl sites for hydroxylation is 2. The summed E-state index contributed by atoms with van der Waals surface area (Å²) in [4.78, 5) is 14.4. The molecule has 2 aromatic rings. The van der Waals surface area contributed by atoms with E-state index in [1.807, 2.05) is 11.8 Å².